The molecule has 0 fully saturated rings. The number of Topliss-reactive ketones (excluding diaryl/α,β-unsaturated/α-hetero) is 1. The first kappa shape index (κ1) is 16.0. The fourth-order valence-corrected chi connectivity index (χ4v) is 2.02. The standard InChI is InChI=1S/C17H16ClNO3/c1-11-3-6-14(18)9-16(11)19-17(21)10-22-15-7-4-13(5-8-15)12(2)20/h3-9H,10H2,1-2H3,(H,19,21). The molecule has 114 valence electrons. The van der Waals surface area contributed by atoms with Gasteiger partial charge in [-0.2, -0.15) is 0 Å². The van der Waals surface area contributed by atoms with Crippen LogP contribution in [0.5, 0.6) is 5.75 Å². The Labute approximate surface area is 134 Å². The molecule has 0 radical (unpaired) electrons. The zero-order valence-electron chi connectivity index (χ0n) is 12.4. The van der Waals surface area contributed by atoms with Gasteiger partial charge in [-0.15, -0.1) is 0 Å². The summed E-state index contributed by atoms with van der Waals surface area (Å²) in [6, 6.07) is 11.9. The molecule has 22 heavy (non-hydrogen) atoms. The van der Waals surface area contributed by atoms with Crippen LogP contribution in [-0.2, 0) is 4.79 Å². The predicted molar refractivity (Wildman–Crippen MR) is 86.8 cm³/mol. The topological polar surface area (TPSA) is 55.4 Å². The first-order valence-electron chi connectivity index (χ1n) is 6.75. The normalized spacial score (nSPS) is 10.1. The van der Waals surface area contributed by atoms with Crippen LogP contribution < -0.4 is 10.1 Å². The van der Waals surface area contributed by atoms with E-state index in [1.165, 1.54) is 6.92 Å². The second kappa shape index (κ2) is 7.09. The number of ketones is 1. The second-order valence-corrected chi connectivity index (χ2v) is 5.31. The maximum absolute atomic E-state index is 11.9. The number of benzene rings is 2. The molecule has 0 unspecified atom stereocenters. The third-order valence-corrected chi connectivity index (χ3v) is 3.34. The van der Waals surface area contributed by atoms with E-state index in [1.54, 1.807) is 36.4 Å². The van der Waals surface area contributed by atoms with E-state index in [0.29, 0.717) is 22.0 Å². The number of ether oxygens (including phenoxy) is 1. The average molecular weight is 318 g/mol. The Bertz CT molecular complexity index is 696. The monoisotopic (exact) mass is 317 g/mol. The summed E-state index contributed by atoms with van der Waals surface area (Å²) in [6.07, 6.45) is 0. The zero-order chi connectivity index (χ0) is 16.1. The number of hydrogen-bond donors (Lipinski definition) is 1. The second-order valence-electron chi connectivity index (χ2n) is 4.88. The minimum absolute atomic E-state index is 0.0132. The molecule has 0 aliphatic rings. The zero-order valence-corrected chi connectivity index (χ0v) is 13.1. The van der Waals surface area contributed by atoms with Gasteiger partial charge in [-0.25, -0.2) is 0 Å². The van der Waals surface area contributed by atoms with Crippen LogP contribution in [0.15, 0.2) is 42.5 Å². The van der Waals surface area contributed by atoms with Gasteiger partial charge in [0.15, 0.2) is 12.4 Å². The average Bonchev–Trinajstić information content (AvgIpc) is 2.49. The number of aryl methyl sites for hydroxylation is 1. The molecule has 0 bridgehead atoms. The molecule has 0 aliphatic carbocycles. The van der Waals surface area contributed by atoms with Gasteiger partial charge >= 0.3 is 0 Å². The molecule has 0 saturated heterocycles. The molecule has 0 heterocycles. The van der Waals surface area contributed by atoms with Gasteiger partial charge < -0.3 is 10.1 Å². The Hall–Kier alpha value is -2.33. The van der Waals surface area contributed by atoms with Crippen molar-refractivity contribution in [2.45, 2.75) is 13.8 Å². The van der Waals surface area contributed by atoms with E-state index >= 15 is 0 Å². The highest BCUT2D eigenvalue weighted by atomic mass is 35.5. The molecular formula is C17H16ClNO3. The van der Waals surface area contributed by atoms with Crippen LogP contribution in [-0.4, -0.2) is 18.3 Å². The van der Waals surface area contributed by atoms with Gasteiger partial charge in [0.05, 0.1) is 0 Å². The number of halogens is 1. The van der Waals surface area contributed by atoms with Crippen molar-refractivity contribution in [1.29, 1.82) is 0 Å². The van der Waals surface area contributed by atoms with Gasteiger partial charge in [-0.1, -0.05) is 17.7 Å². The predicted octanol–water partition coefficient (Wildman–Crippen LogP) is 3.87. The highest BCUT2D eigenvalue weighted by Gasteiger charge is 2.07. The molecule has 1 amide bonds. The SMILES string of the molecule is CC(=O)c1ccc(OCC(=O)Nc2cc(Cl)ccc2C)cc1. The quantitative estimate of drug-likeness (QED) is 0.852. The molecule has 0 aliphatic heterocycles. The van der Waals surface area contributed by atoms with Crippen molar-refractivity contribution in [3.8, 4) is 5.75 Å². The van der Waals surface area contributed by atoms with Gasteiger partial charge in [0.2, 0.25) is 0 Å². The molecule has 0 saturated carbocycles. The minimum atomic E-state index is -0.277. The summed E-state index contributed by atoms with van der Waals surface area (Å²) in [5.74, 6) is 0.240. The maximum atomic E-state index is 11.9. The lowest BCUT2D eigenvalue weighted by Gasteiger charge is -2.10. The van der Waals surface area contributed by atoms with Crippen LogP contribution in [0.1, 0.15) is 22.8 Å². The number of rotatable bonds is 5. The Morgan fingerprint density at radius 3 is 2.45 bits per heavy atom. The van der Waals surface area contributed by atoms with E-state index in [1.807, 2.05) is 13.0 Å². The number of anilines is 1. The molecule has 2 aromatic carbocycles. The summed E-state index contributed by atoms with van der Waals surface area (Å²) in [5, 5.41) is 3.31. The number of carbonyl (C=O) groups is 2. The molecule has 2 aromatic rings. The number of amides is 1. The highest BCUT2D eigenvalue weighted by molar-refractivity contribution is 6.31. The fraction of sp³-hybridized carbons (Fsp3) is 0.176. The number of nitrogens with one attached hydrogen (secondary N) is 1. The van der Waals surface area contributed by atoms with Crippen molar-refractivity contribution in [3.63, 3.8) is 0 Å². The molecular weight excluding hydrogens is 302 g/mol. The Kier molecular flexibility index (Phi) is 5.17. The summed E-state index contributed by atoms with van der Waals surface area (Å²) < 4.78 is 5.39. The van der Waals surface area contributed by atoms with Gasteiger partial charge in [0, 0.05) is 16.3 Å². The van der Waals surface area contributed by atoms with Gasteiger partial charge in [0.1, 0.15) is 5.75 Å². The van der Waals surface area contributed by atoms with Crippen molar-refractivity contribution in [1.82, 2.24) is 0 Å². The highest BCUT2D eigenvalue weighted by Crippen LogP contribution is 2.20. The van der Waals surface area contributed by atoms with E-state index in [2.05, 4.69) is 5.32 Å². The lowest BCUT2D eigenvalue weighted by molar-refractivity contribution is -0.118. The van der Waals surface area contributed by atoms with Crippen molar-refractivity contribution in [3.05, 3.63) is 58.6 Å². The largest absolute Gasteiger partial charge is 0.484 e. The van der Waals surface area contributed by atoms with E-state index in [9.17, 15) is 9.59 Å². The van der Waals surface area contributed by atoms with Gasteiger partial charge in [-0.05, 0) is 55.8 Å². The van der Waals surface area contributed by atoms with E-state index in [4.69, 9.17) is 16.3 Å². The number of hydrogen-bond acceptors (Lipinski definition) is 3. The Balaban J connectivity index is 1.92. The third kappa shape index (κ3) is 4.33. The molecule has 0 spiro atoms. The molecule has 0 aromatic heterocycles. The summed E-state index contributed by atoms with van der Waals surface area (Å²) in [6.45, 7) is 3.26. The van der Waals surface area contributed by atoms with Crippen molar-refractivity contribution in [2.24, 2.45) is 0 Å². The smallest absolute Gasteiger partial charge is 0.262 e. The van der Waals surface area contributed by atoms with Crippen LogP contribution in [0.25, 0.3) is 0 Å². The summed E-state index contributed by atoms with van der Waals surface area (Å²) in [5.41, 5.74) is 2.18. The van der Waals surface area contributed by atoms with Crippen LogP contribution in [0, 0.1) is 6.92 Å². The van der Waals surface area contributed by atoms with E-state index < -0.39 is 0 Å². The lowest BCUT2D eigenvalue weighted by atomic mass is 10.1. The molecule has 5 heteroatoms. The van der Waals surface area contributed by atoms with Crippen molar-refractivity contribution < 1.29 is 14.3 Å². The van der Waals surface area contributed by atoms with Crippen LogP contribution in [0.2, 0.25) is 5.02 Å². The first-order valence-corrected chi connectivity index (χ1v) is 7.13. The van der Waals surface area contributed by atoms with Gasteiger partial charge in [-0.3, -0.25) is 9.59 Å². The van der Waals surface area contributed by atoms with Crippen LogP contribution >= 0.6 is 11.6 Å². The van der Waals surface area contributed by atoms with Crippen LogP contribution in [0.3, 0.4) is 0 Å². The summed E-state index contributed by atoms with van der Waals surface area (Å²) >= 11 is 5.90. The minimum Gasteiger partial charge on any atom is -0.484 e. The Morgan fingerprint density at radius 1 is 1.14 bits per heavy atom. The van der Waals surface area contributed by atoms with Crippen LogP contribution in [0.4, 0.5) is 5.69 Å². The number of carbonyl (C=O) groups excluding carboxylic acids is 2. The van der Waals surface area contributed by atoms with E-state index in [0.717, 1.165) is 5.56 Å². The fourth-order valence-electron chi connectivity index (χ4n) is 1.85. The van der Waals surface area contributed by atoms with Crippen molar-refractivity contribution in [2.75, 3.05) is 11.9 Å². The molecule has 1 N–H and O–H groups in total. The third-order valence-electron chi connectivity index (χ3n) is 3.10. The lowest BCUT2D eigenvalue weighted by Crippen LogP contribution is -2.20. The Morgan fingerprint density at radius 2 is 1.82 bits per heavy atom. The summed E-state index contributed by atoms with van der Waals surface area (Å²) in [7, 11) is 0. The maximum Gasteiger partial charge on any atom is 0.262 e. The van der Waals surface area contributed by atoms with Gasteiger partial charge in [0.25, 0.3) is 5.91 Å². The molecule has 2 rings (SSSR count). The van der Waals surface area contributed by atoms with Crippen molar-refractivity contribution >= 4 is 29.0 Å². The van der Waals surface area contributed by atoms with E-state index in [-0.39, 0.29) is 18.3 Å². The molecule has 0 atom stereocenters. The molecule has 4 nitrogen and oxygen atoms in total. The summed E-state index contributed by atoms with van der Waals surface area (Å²) in [4.78, 5) is 23.1. The first-order chi connectivity index (χ1) is 10.5.